The number of hydrogen-bond acceptors (Lipinski definition) is 3. The van der Waals surface area contributed by atoms with Gasteiger partial charge in [-0.25, -0.2) is 4.39 Å². The van der Waals surface area contributed by atoms with E-state index in [9.17, 15) is 14.4 Å². The van der Waals surface area contributed by atoms with Crippen LogP contribution < -0.4 is 0 Å². The van der Waals surface area contributed by atoms with Crippen molar-refractivity contribution < 1.29 is 9.18 Å². The summed E-state index contributed by atoms with van der Waals surface area (Å²) in [5.41, 5.74) is 2.86. The Labute approximate surface area is 163 Å². The summed E-state index contributed by atoms with van der Waals surface area (Å²) in [5.74, 6) is -0.215. The minimum atomic E-state index is -0.203. The highest BCUT2D eigenvalue weighted by Crippen LogP contribution is 2.23. The molecule has 3 aromatic rings. The van der Waals surface area contributed by atoms with E-state index in [0.717, 1.165) is 42.5 Å². The summed E-state index contributed by atoms with van der Waals surface area (Å²) >= 11 is 0. The van der Waals surface area contributed by atoms with Crippen LogP contribution in [0, 0.1) is 17.1 Å². The van der Waals surface area contributed by atoms with E-state index in [4.69, 9.17) is 0 Å². The molecule has 6 heteroatoms. The molecule has 0 radical (unpaired) electrons. The smallest absolute Gasteiger partial charge is 0.256 e. The molecule has 0 spiro atoms. The predicted molar refractivity (Wildman–Crippen MR) is 105 cm³/mol. The summed E-state index contributed by atoms with van der Waals surface area (Å²) in [6.45, 7) is 3.76. The molecule has 142 valence electrons. The van der Waals surface area contributed by atoms with Crippen LogP contribution in [0.4, 0.5) is 4.39 Å². The third-order valence-electron chi connectivity index (χ3n) is 5.33. The number of nitriles is 1. The standard InChI is InChI=1S/C22H21FN4O/c23-18-4-1-3-16(13-18)7-8-26-9-11-27(12-10-26)22(28)20-6-2-5-19-17(14-24)15-25-21(19)20/h1-6,13,15,25H,7-12H2. The fourth-order valence-corrected chi connectivity index (χ4v) is 3.75. The SMILES string of the molecule is N#Cc1c[nH]c2c(C(=O)N3CCN(CCc4cccc(F)c4)CC3)cccc12. The number of rotatable bonds is 4. The van der Waals surface area contributed by atoms with Gasteiger partial charge in [0.15, 0.2) is 0 Å². The molecule has 2 aromatic carbocycles. The molecule has 0 aliphatic carbocycles. The number of fused-ring (bicyclic) bond motifs is 1. The maximum atomic E-state index is 13.3. The van der Waals surface area contributed by atoms with Crippen molar-refractivity contribution in [2.24, 2.45) is 0 Å². The number of nitrogens with one attached hydrogen (secondary N) is 1. The van der Waals surface area contributed by atoms with Crippen LogP contribution in [0.5, 0.6) is 0 Å². The minimum absolute atomic E-state index is 0.0123. The van der Waals surface area contributed by atoms with E-state index in [2.05, 4.69) is 16.0 Å². The van der Waals surface area contributed by atoms with Crippen molar-refractivity contribution in [3.63, 3.8) is 0 Å². The van der Waals surface area contributed by atoms with E-state index < -0.39 is 0 Å². The quantitative estimate of drug-likeness (QED) is 0.761. The van der Waals surface area contributed by atoms with Gasteiger partial charge in [0, 0.05) is 44.3 Å². The summed E-state index contributed by atoms with van der Waals surface area (Å²) in [6, 6.07) is 14.3. The molecule has 5 nitrogen and oxygen atoms in total. The van der Waals surface area contributed by atoms with Crippen LogP contribution in [0.1, 0.15) is 21.5 Å². The van der Waals surface area contributed by atoms with E-state index in [1.807, 2.05) is 23.1 Å². The number of amides is 1. The molecule has 0 saturated carbocycles. The number of nitrogens with zero attached hydrogens (tertiary/aromatic N) is 3. The summed E-state index contributed by atoms with van der Waals surface area (Å²) in [5, 5.41) is 9.97. The number of aromatic amines is 1. The number of carbonyl (C=O) groups excluding carboxylic acids is 1. The zero-order valence-electron chi connectivity index (χ0n) is 15.5. The Morgan fingerprint density at radius 2 is 1.93 bits per heavy atom. The van der Waals surface area contributed by atoms with Crippen LogP contribution in [-0.2, 0) is 6.42 Å². The van der Waals surface area contributed by atoms with Gasteiger partial charge in [0.1, 0.15) is 11.9 Å². The van der Waals surface area contributed by atoms with Crippen molar-refractivity contribution in [3.8, 4) is 6.07 Å². The van der Waals surface area contributed by atoms with Gasteiger partial charge >= 0.3 is 0 Å². The number of para-hydroxylation sites is 1. The topological polar surface area (TPSA) is 63.1 Å². The van der Waals surface area contributed by atoms with Gasteiger partial charge < -0.3 is 9.88 Å². The van der Waals surface area contributed by atoms with Gasteiger partial charge in [-0.15, -0.1) is 0 Å². The number of benzene rings is 2. The molecular weight excluding hydrogens is 355 g/mol. The van der Waals surface area contributed by atoms with Crippen molar-refractivity contribution in [2.45, 2.75) is 6.42 Å². The zero-order valence-corrected chi connectivity index (χ0v) is 15.5. The van der Waals surface area contributed by atoms with E-state index >= 15 is 0 Å². The van der Waals surface area contributed by atoms with Gasteiger partial charge in [0.2, 0.25) is 0 Å². The van der Waals surface area contributed by atoms with Gasteiger partial charge in [0.25, 0.3) is 5.91 Å². The molecule has 1 fully saturated rings. The first-order chi connectivity index (χ1) is 13.7. The second-order valence-corrected chi connectivity index (χ2v) is 7.06. The van der Waals surface area contributed by atoms with Gasteiger partial charge in [-0.2, -0.15) is 5.26 Å². The van der Waals surface area contributed by atoms with Gasteiger partial charge in [0.05, 0.1) is 16.6 Å². The van der Waals surface area contributed by atoms with Crippen molar-refractivity contribution in [2.75, 3.05) is 32.7 Å². The van der Waals surface area contributed by atoms with E-state index in [1.165, 1.54) is 6.07 Å². The first-order valence-electron chi connectivity index (χ1n) is 9.42. The molecular formula is C22H21FN4O. The fourth-order valence-electron chi connectivity index (χ4n) is 3.75. The highest BCUT2D eigenvalue weighted by Gasteiger charge is 2.24. The molecule has 1 saturated heterocycles. The molecule has 2 heterocycles. The molecule has 1 amide bonds. The summed E-state index contributed by atoms with van der Waals surface area (Å²) in [6.07, 6.45) is 2.44. The molecule has 1 aromatic heterocycles. The Balaban J connectivity index is 1.38. The van der Waals surface area contributed by atoms with Crippen LogP contribution in [-0.4, -0.2) is 53.4 Å². The number of aromatic nitrogens is 1. The van der Waals surface area contributed by atoms with E-state index in [-0.39, 0.29) is 11.7 Å². The van der Waals surface area contributed by atoms with Crippen LogP contribution in [0.15, 0.2) is 48.7 Å². The average Bonchev–Trinajstić information content (AvgIpc) is 3.15. The number of hydrogen-bond donors (Lipinski definition) is 1. The monoisotopic (exact) mass is 376 g/mol. The highest BCUT2D eigenvalue weighted by molar-refractivity contribution is 6.06. The second kappa shape index (κ2) is 7.83. The van der Waals surface area contributed by atoms with Gasteiger partial charge in [-0.3, -0.25) is 9.69 Å². The van der Waals surface area contributed by atoms with Crippen molar-refractivity contribution in [1.29, 1.82) is 5.26 Å². The summed E-state index contributed by atoms with van der Waals surface area (Å²) in [4.78, 5) is 20.2. The normalized spacial score (nSPS) is 14.9. The highest BCUT2D eigenvalue weighted by atomic mass is 19.1. The molecule has 0 bridgehead atoms. The lowest BCUT2D eigenvalue weighted by Gasteiger charge is -2.34. The molecule has 1 aliphatic rings. The molecule has 28 heavy (non-hydrogen) atoms. The Morgan fingerprint density at radius 1 is 1.14 bits per heavy atom. The number of piperazine rings is 1. The Hall–Kier alpha value is -3.17. The first-order valence-corrected chi connectivity index (χ1v) is 9.42. The number of halogens is 1. The molecule has 0 unspecified atom stereocenters. The molecule has 1 N–H and O–H groups in total. The lowest BCUT2D eigenvalue weighted by Crippen LogP contribution is -2.49. The average molecular weight is 376 g/mol. The van der Waals surface area contributed by atoms with Crippen molar-refractivity contribution in [3.05, 3.63) is 71.2 Å². The lowest BCUT2D eigenvalue weighted by molar-refractivity contribution is 0.0640. The van der Waals surface area contributed by atoms with Crippen LogP contribution in [0.2, 0.25) is 0 Å². The van der Waals surface area contributed by atoms with E-state index in [1.54, 1.807) is 24.4 Å². The number of H-pyrrole nitrogens is 1. The van der Waals surface area contributed by atoms with Crippen LogP contribution >= 0.6 is 0 Å². The second-order valence-electron chi connectivity index (χ2n) is 7.06. The Morgan fingerprint density at radius 3 is 2.68 bits per heavy atom. The lowest BCUT2D eigenvalue weighted by atomic mass is 10.1. The minimum Gasteiger partial charge on any atom is -0.359 e. The maximum Gasteiger partial charge on any atom is 0.256 e. The largest absolute Gasteiger partial charge is 0.359 e. The predicted octanol–water partition coefficient (Wildman–Crippen LogP) is 3.18. The molecule has 0 atom stereocenters. The first kappa shape index (κ1) is 18.2. The summed E-state index contributed by atoms with van der Waals surface area (Å²) in [7, 11) is 0. The Bertz CT molecular complexity index is 1040. The third-order valence-corrected chi connectivity index (χ3v) is 5.33. The molecule has 4 rings (SSSR count). The Kier molecular flexibility index (Phi) is 5.09. The van der Waals surface area contributed by atoms with Gasteiger partial charge in [-0.05, 0) is 30.2 Å². The third kappa shape index (κ3) is 3.62. The van der Waals surface area contributed by atoms with E-state index in [0.29, 0.717) is 24.2 Å². The number of carbonyl (C=O) groups is 1. The van der Waals surface area contributed by atoms with Gasteiger partial charge in [-0.1, -0.05) is 24.3 Å². The summed E-state index contributed by atoms with van der Waals surface area (Å²) < 4.78 is 13.3. The fraction of sp³-hybridized carbons (Fsp3) is 0.273. The molecule has 1 aliphatic heterocycles. The van der Waals surface area contributed by atoms with Crippen LogP contribution in [0.3, 0.4) is 0 Å². The van der Waals surface area contributed by atoms with Crippen LogP contribution in [0.25, 0.3) is 10.9 Å². The zero-order chi connectivity index (χ0) is 19.5. The maximum absolute atomic E-state index is 13.3. The van der Waals surface area contributed by atoms with Crippen molar-refractivity contribution in [1.82, 2.24) is 14.8 Å². The van der Waals surface area contributed by atoms with Crippen molar-refractivity contribution >= 4 is 16.8 Å².